The number of rotatable bonds is 8. The van der Waals surface area contributed by atoms with E-state index in [1.54, 1.807) is 25.4 Å². The highest BCUT2D eigenvalue weighted by molar-refractivity contribution is 5.80. The number of ether oxygens (including phenoxy) is 2. The van der Waals surface area contributed by atoms with E-state index in [0.717, 1.165) is 40.8 Å². The van der Waals surface area contributed by atoms with Gasteiger partial charge in [0.25, 0.3) is 0 Å². The van der Waals surface area contributed by atoms with Crippen LogP contribution in [0, 0.1) is 0 Å². The van der Waals surface area contributed by atoms with Crippen LogP contribution >= 0.6 is 0 Å². The SMILES string of the molecule is C=C(COC)C1=CCOC1CC/C(=C/c1ccc(O)cc1)c1ccccn1. The molecule has 140 valence electrons. The summed E-state index contributed by atoms with van der Waals surface area (Å²) in [5, 5.41) is 9.51. The Bertz CT molecular complexity index is 822. The molecule has 1 aromatic carbocycles. The number of phenolic OH excluding ortho intramolecular Hbond substituents is 1. The summed E-state index contributed by atoms with van der Waals surface area (Å²) in [5.41, 5.74) is 5.22. The van der Waals surface area contributed by atoms with Gasteiger partial charge in [-0.15, -0.1) is 0 Å². The molecule has 1 aliphatic heterocycles. The summed E-state index contributed by atoms with van der Waals surface area (Å²) in [4.78, 5) is 4.51. The van der Waals surface area contributed by atoms with Crippen LogP contribution in [0.2, 0.25) is 0 Å². The first kappa shape index (κ1) is 19.1. The molecular formula is C23H25NO3. The molecule has 3 rings (SSSR count). The van der Waals surface area contributed by atoms with Crippen LogP contribution in [0.25, 0.3) is 11.6 Å². The molecule has 0 amide bonds. The predicted molar refractivity (Wildman–Crippen MR) is 108 cm³/mol. The monoisotopic (exact) mass is 363 g/mol. The summed E-state index contributed by atoms with van der Waals surface area (Å²) in [6.45, 7) is 5.24. The first-order chi connectivity index (χ1) is 13.2. The number of hydrogen-bond acceptors (Lipinski definition) is 4. The molecule has 1 atom stereocenters. The van der Waals surface area contributed by atoms with Crippen LogP contribution < -0.4 is 0 Å². The van der Waals surface area contributed by atoms with Crippen molar-refractivity contribution < 1.29 is 14.6 Å². The smallest absolute Gasteiger partial charge is 0.115 e. The lowest BCUT2D eigenvalue weighted by Crippen LogP contribution is -2.13. The second kappa shape index (κ2) is 9.31. The van der Waals surface area contributed by atoms with Gasteiger partial charge in [0.2, 0.25) is 0 Å². The van der Waals surface area contributed by atoms with E-state index in [0.29, 0.717) is 13.2 Å². The minimum Gasteiger partial charge on any atom is -0.508 e. The molecule has 1 N–H and O–H groups in total. The number of methoxy groups -OCH3 is 1. The van der Waals surface area contributed by atoms with Crippen LogP contribution in [-0.4, -0.2) is 36.5 Å². The molecule has 0 aliphatic carbocycles. The molecular weight excluding hydrogens is 338 g/mol. The number of benzene rings is 1. The minimum atomic E-state index is 0.0274. The van der Waals surface area contributed by atoms with E-state index in [1.165, 1.54) is 0 Å². The van der Waals surface area contributed by atoms with Crippen molar-refractivity contribution in [2.24, 2.45) is 0 Å². The molecule has 0 fully saturated rings. The molecule has 1 aromatic heterocycles. The van der Waals surface area contributed by atoms with Crippen LogP contribution in [0.4, 0.5) is 0 Å². The first-order valence-electron chi connectivity index (χ1n) is 9.07. The molecule has 0 spiro atoms. The second-order valence-electron chi connectivity index (χ2n) is 6.53. The second-order valence-corrected chi connectivity index (χ2v) is 6.53. The summed E-state index contributed by atoms with van der Waals surface area (Å²) in [6.07, 6.45) is 7.70. The lowest BCUT2D eigenvalue weighted by Gasteiger charge is -2.17. The molecule has 2 heterocycles. The van der Waals surface area contributed by atoms with E-state index >= 15 is 0 Å². The van der Waals surface area contributed by atoms with Gasteiger partial charge >= 0.3 is 0 Å². The van der Waals surface area contributed by atoms with Crippen molar-refractivity contribution in [3.63, 3.8) is 0 Å². The van der Waals surface area contributed by atoms with Gasteiger partial charge in [-0.05, 0) is 65.5 Å². The summed E-state index contributed by atoms with van der Waals surface area (Å²) in [6, 6.07) is 13.1. The molecule has 0 saturated heterocycles. The summed E-state index contributed by atoms with van der Waals surface area (Å²) in [7, 11) is 1.68. The van der Waals surface area contributed by atoms with Gasteiger partial charge in [-0.2, -0.15) is 0 Å². The van der Waals surface area contributed by atoms with Crippen LogP contribution in [0.1, 0.15) is 24.1 Å². The number of phenols is 1. The zero-order valence-electron chi connectivity index (χ0n) is 15.6. The highest BCUT2D eigenvalue weighted by atomic mass is 16.5. The fourth-order valence-electron chi connectivity index (χ4n) is 3.23. The predicted octanol–water partition coefficient (Wildman–Crippen LogP) is 4.64. The van der Waals surface area contributed by atoms with Gasteiger partial charge in [-0.3, -0.25) is 4.98 Å². The summed E-state index contributed by atoms with van der Waals surface area (Å²) >= 11 is 0. The summed E-state index contributed by atoms with van der Waals surface area (Å²) < 4.78 is 11.1. The molecule has 27 heavy (non-hydrogen) atoms. The van der Waals surface area contributed by atoms with Crippen molar-refractivity contribution in [3.05, 3.63) is 83.7 Å². The molecule has 0 saturated carbocycles. The zero-order valence-corrected chi connectivity index (χ0v) is 15.6. The van der Waals surface area contributed by atoms with Crippen molar-refractivity contribution >= 4 is 11.6 Å². The lowest BCUT2D eigenvalue weighted by molar-refractivity contribution is 0.116. The molecule has 0 bridgehead atoms. The Labute approximate surface area is 160 Å². The average Bonchev–Trinajstić information content (AvgIpc) is 3.16. The third kappa shape index (κ3) is 5.16. The number of nitrogens with zero attached hydrogens (tertiary/aromatic N) is 1. The Kier molecular flexibility index (Phi) is 6.58. The van der Waals surface area contributed by atoms with E-state index in [1.807, 2.05) is 30.3 Å². The molecule has 4 nitrogen and oxygen atoms in total. The molecule has 0 radical (unpaired) electrons. The number of pyridine rings is 1. The van der Waals surface area contributed by atoms with E-state index in [9.17, 15) is 5.11 Å². The molecule has 2 aromatic rings. The third-order valence-electron chi connectivity index (χ3n) is 4.58. The van der Waals surface area contributed by atoms with Crippen LogP contribution in [0.3, 0.4) is 0 Å². The van der Waals surface area contributed by atoms with Crippen LogP contribution in [0.15, 0.2) is 72.5 Å². The average molecular weight is 363 g/mol. The van der Waals surface area contributed by atoms with E-state index < -0.39 is 0 Å². The van der Waals surface area contributed by atoms with Crippen LogP contribution in [0.5, 0.6) is 5.75 Å². The maximum Gasteiger partial charge on any atom is 0.115 e. The van der Waals surface area contributed by atoms with Gasteiger partial charge in [-0.25, -0.2) is 0 Å². The largest absolute Gasteiger partial charge is 0.508 e. The van der Waals surface area contributed by atoms with Gasteiger partial charge < -0.3 is 14.6 Å². The quantitative estimate of drug-likeness (QED) is 0.743. The Hall–Kier alpha value is -2.69. The van der Waals surface area contributed by atoms with Crippen molar-refractivity contribution in [1.29, 1.82) is 0 Å². The fourth-order valence-corrected chi connectivity index (χ4v) is 3.23. The molecule has 1 unspecified atom stereocenters. The van der Waals surface area contributed by atoms with E-state index in [2.05, 4.69) is 23.7 Å². The third-order valence-corrected chi connectivity index (χ3v) is 4.58. The number of hydrogen-bond donors (Lipinski definition) is 1. The van der Waals surface area contributed by atoms with Crippen molar-refractivity contribution in [2.75, 3.05) is 20.3 Å². The fraction of sp³-hybridized carbons (Fsp3) is 0.261. The Morgan fingerprint density at radius 2 is 2.11 bits per heavy atom. The Morgan fingerprint density at radius 1 is 1.30 bits per heavy atom. The van der Waals surface area contributed by atoms with Gasteiger partial charge in [0.05, 0.1) is 25.0 Å². The Morgan fingerprint density at radius 3 is 2.81 bits per heavy atom. The number of allylic oxidation sites excluding steroid dienone is 1. The van der Waals surface area contributed by atoms with E-state index in [4.69, 9.17) is 9.47 Å². The maximum absolute atomic E-state index is 9.51. The Balaban J connectivity index is 1.77. The zero-order chi connectivity index (χ0) is 19.1. The first-order valence-corrected chi connectivity index (χ1v) is 9.07. The lowest BCUT2D eigenvalue weighted by atomic mass is 9.95. The van der Waals surface area contributed by atoms with Crippen molar-refractivity contribution in [3.8, 4) is 5.75 Å². The maximum atomic E-state index is 9.51. The topological polar surface area (TPSA) is 51.6 Å². The highest BCUT2D eigenvalue weighted by Gasteiger charge is 2.22. The van der Waals surface area contributed by atoms with Gasteiger partial charge in [0, 0.05) is 13.3 Å². The standard InChI is InChI=1S/C23H25NO3/c1-17(16-26-2)21-12-14-27-23(21)11-8-19(22-5-3-4-13-24-22)15-18-6-9-20(25)10-7-18/h3-7,9-10,12-13,15,23,25H,1,8,11,14,16H2,2H3/b19-15-. The minimum absolute atomic E-state index is 0.0274. The van der Waals surface area contributed by atoms with Gasteiger partial charge in [-0.1, -0.05) is 30.9 Å². The van der Waals surface area contributed by atoms with Crippen LogP contribution in [-0.2, 0) is 9.47 Å². The van der Waals surface area contributed by atoms with Crippen molar-refractivity contribution in [1.82, 2.24) is 4.98 Å². The number of aromatic hydroxyl groups is 1. The van der Waals surface area contributed by atoms with Crippen molar-refractivity contribution in [2.45, 2.75) is 18.9 Å². The molecule has 1 aliphatic rings. The van der Waals surface area contributed by atoms with Gasteiger partial charge in [0.1, 0.15) is 5.75 Å². The normalized spacial score (nSPS) is 17.0. The molecule has 4 heteroatoms. The summed E-state index contributed by atoms with van der Waals surface area (Å²) in [5.74, 6) is 0.261. The highest BCUT2D eigenvalue weighted by Crippen LogP contribution is 2.29. The van der Waals surface area contributed by atoms with Gasteiger partial charge in [0.15, 0.2) is 0 Å². The number of aromatic nitrogens is 1. The van der Waals surface area contributed by atoms with E-state index in [-0.39, 0.29) is 11.9 Å².